The van der Waals surface area contributed by atoms with Gasteiger partial charge in [0.15, 0.2) is 0 Å². The number of likely N-dealkylation sites (tertiary alicyclic amines) is 1. The van der Waals surface area contributed by atoms with Crippen LogP contribution in [0.25, 0.3) is 0 Å². The minimum Gasteiger partial charge on any atom is -0.368 e. The van der Waals surface area contributed by atoms with Gasteiger partial charge in [0.05, 0.1) is 6.04 Å². The molecule has 0 aliphatic carbocycles. The molecule has 1 fully saturated rings. The Bertz CT molecular complexity index is 882. The molecule has 2 aromatic carbocycles. The van der Waals surface area contributed by atoms with Gasteiger partial charge in [-0.2, -0.15) is 0 Å². The molecule has 1 saturated heterocycles. The van der Waals surface area contributed by atoms with E-state index in [-0.39, 0.29) is 17.9 Å². The number of nitrogens with zero attached hydrogens (tertiary/aromatic N) is 1. The van der Waals surface area contributed by atoms with Crippen LogP contribution in [0.5, 0.6) is 0 Å². The molecule has 1 unspecified atom stereocenters. The lowest BCUT2D eigenvalue weighted by atomic mass is 10.1. The van der Waals surface area contributed by atoms with Crippen molar-refractivity contribution >= 4 is 29.2 Å². The Morgan fingerprint density at radius 2 is 1.75 bits per heavy atom. The minimum absolute atomic E-state index is 0.231. The van der Waals surface area contributed by atoms with Crippen LogP contribution in [0, 0.1) is 0 Å². The highest BCUT2D eigenvalue weighted by Crippen LogP contribution is 2.21. The van der Waals surface area contributed by atoms with Crippen LogP contribution in [0.4, 0.5) is 16.2 Å². The summed E-state index contributed by atoms with van der Waals surface area (Å²) in [6, 6.07) is 13.0. The lowest BCUT2D eigenvalue weighted by molar-refractivity contribution is -0.122. The van der Waals surface area contributed by atoms with Crippen LogP contribution in [0.3, 0.4) is 0 Å². The van der Waals surface area contributed by atoms with E-state index in [0.717, 1.165) is 24.9 Å². The summed E-state index contributed by atoms with van der Waals surface area (Å²) in [5.74, 6) is -0.560. The third-order valence-electron chi connectivity index (χ3n) is 4.68. The quantitative estimate of drug-likeness (QED) is 0.608. The number of benzene rings is 2. The van der Waals surface area contributed by atoms with Gasteiger partial charge >= 0.3 is 6.03 Å². The van der Waals surface area contributed by atoms with Crippen molar-refractivity contribution < 1.29 is 14.4 Å². The molecule has 1 aliphatic heterocycles. The van der Waals surface area contributed by atoms with Crippen LogP contribution < -0.4 is 22.1 Å². The fourth-order valence-electron chi connectivity index (χ4n) is 3.37. The molecule has 4 amide bonds. The van der Waals surface area contributed by atoms with E-state index < -0.39 is 6.03 Å². The van der Waals surface area contributed by atoms with Gasteiger partial charge in [-0.15, -0.1) is 0 Å². The molecular weight excluding hydrogens is 358 g/mol. The van der Waals surface area contributed by atoms with Gasteiger partial charge in [0, 0.05) is 23.5 Å². The standard InChI is InChI=1S/C20H23N5O3/c21-18(26)17-5-2-10-25(17)12-13-3-1-4-16(11-13)23-19(27)14-6-8-15(9-7-14)24-20(22)28/h1,3-4,6-9,11,17H,2,5,10,12H2,(H2,21,26)(H,23,27)(H3,22,24,28). The van der Waals surface area contributed by atoms with Crippen LogP contribution in [0.2, 0.25) is 0 Å². The van der Waals surface area contributed by atoms with E-state index in [9.17, 15) is 14.4 Å². The monoisotopic (exact) mass is 381 g/mol. The zero-order chi connectivity index (χ0) is 20.1. The maximum absolute atomic E-state index is 12.5. The van der Waals surface area contributed by atoms with Gasteiger partial charge in [-0.05, 0) is 61.3 Å². The zero-order valence-electron chi connectivity index (χ0n) is 15.4. The van der Waals surface area contributed by atoms with Gasteiger partial charge in [0.2, 0.25) is 5.91 Å². The number of anilines is 2. The highest BCUT2D eigenvalue weighted by molar-refractivity contribution is 6.04. The average molecular weight is 381 g/mol. The molecule has 0 aromatic heterocycles. The second-order valence-corrected chi connectivity index (χ2v) is 6.75. The first-order valence-electron chi connectivity index (χ1n) is 9.02. The number of hydrogen-bond donors (Lipinski definition) is 4. The molecule has 0 radical (unpaired) electrons. The highest BCUT2D eigenvalue weighted by atomic mass is 16.2. The molecule has 2 aromatic rings. The summed E-state index contributed by atoms with van der Waals surface area (Å²) < 4.78 is 0. The Kier molecular flexibility index (Phi) is 5.90. The second-order valence-electron chi connectivity index (χ2n) is 6.75. The van der Waals surface area contributed by atoms with Crippen molar-refractivity contribution in [1.82, 2.24) is 4.90 Å². The van der Waals surface area contributed by atoms with E-state index in [2.05, 4.69) is 15.5 Å². The van der Waals surface area contributed by atoms with E-state index in [1.165, 1.54) is 0 Å². The van der Waals surface area contributed by atoms with Gasteiger partial charge in [-0.3, -0.25) is 14.5 Å². The summed E-state index contributed by atoms with van der Waals surface area (Å²) >= 11 is 0. The smallest absolute Gasteiger partial charge is 0.316 e. The SMILES string of the molecule is NC(=O)Nc1ccc(C(=O)Nc2cccc(CN3CCCC3C(N)=O)c2)cc1. The Balaban J connectivity index is 1.64. The first-order valence-corrected chi connectivity index (χ1v) is 9.02. The normalized spacial score (nSPS) is 16.5. The lowest BCUT2D eigenvalue weighted by Gasteiger charge is -2.22. The first-order chi connectivity index (χ1) is 13.4. The van der Waals surface area contributed by atoms with Gasteiger partial charge < -0.3 is 22.1 Å². The Morgan fingerprint density at radius 3 is 2.43 bits per heavy atom. The molecule has 0 saturated carbocycles. The molecule has 3 rings (SSSR count). The van der Waals surface area contributed by atoms with Crippen LogP contribution in [0.15, 0.2) is 48.5 Å². The average Bonchev–Trinajstić information content (AvgIpc) is 3.10. The molecule has 0 bridgehead atoms. The number of primary amides is 2. The molecule has 6 N–H and O–H groups in total. The van der Waals surface area contributed by atoms with Crippen LogP contribution in [-0.2, 0) is 11.3 Å². The number of amides is 4. The minimum atomic E-state index is -0.661. The van der Waals surface area contributed by atoms with E-state index in [4.69, 9.17) is 11.5 Å². The van der Waals surface area contributed by atoms with Crippen molar-refractivity contribution in [3.63, 3.8) is 0 Å². The molecule has 8 nitrogen and oxygen atoms in total. The number of nitrogens with two attached hydrogens (primary N) is 2. The van der Waals surface area contributed by atoms with Crippen LogP contribution >= 0.6 is 0 Å². The molecular formula is C20H23N5O3. The summed E-state index contributed by atoms with van der Waals surface area (Å²) in [6.07, 6.45) is 1.73. The number of carbonyl (C=O) groups excluding carboxylic acids is 3. The number of carbonyl (C=O) groups is 3. The molecule has 8 heteroatoms. The zero-order valence-corrected chi connectivity index (χ0v) is 15.4. The van der Waals surface area contributed by atoms with Crippen molar-refractivity contribution in [3.05, 3.63) is 59.7 Å². The third-order valence-corrected chi connectivity index (χ3v) is 4.68. The van der Waals surface area contributed by atoms with Crippen molar-refractivity contribution in [2.75, 3.05) is 17.2 Å². The fourth-order valence-corrected chi connectivity index (χ4v) is 3.37. The van der Waals surface area contributed by atoms with E-state index in [1.54, 1.807) is 30.3 Å². The van der Waals surface area contributed by atoms with Crippen molar-refractivity contribution in [3.8, 4) is 0 Å². The van der Waals surface area contributed by atoms with Gasteiger partial charge in [0.1, 0.15) is 0 Å². The van der Waals surface area contributed by atoms with Crippen molar-refractivity contribution in [2.45, 2.75) is 25.4 Å². The lowest BCUT2D eigenvalue weighted by Crippen LogP contribution is -2.39. The topological polar surface area (TPSA) is 131 Å². The van der Waals surface area contributed by atoms with Gasteiger partial charge in [-0.25, -0.2) is 4.79 Å². The Hall–Kier alpha value is -3.39. The van der Waals surface area contributed by atoms with E-state index in [0.29, 0.717) is 23.5 Å². The number of hydrogen-bond acceptors (Lipinski definition) is 4. The number of rotatable bonds is 6. The highest BCUT2D eigenvalue weighted by Gasteiger charge is 2.28. The Morgan fingerprint density at radius 1 is 1.00 bits per heavy atom. The fraction of sp³-hybridized carbons (Fsp3) is 0.250. The second kappa shape index (κ2) is 8.53. The summed E-state index contributed by atoms with van der Waals surface area (Å²) in [5.41, 5.74) is 13.2. The summed E-state index contributed by atoms with van der Waals surface area (Å²) in [5, 5.41) is 5.30. The van der Waals surface area contributed by atoms with Crippen LogP contribution in [-0.4, -0.2) is 35.3 Å². The molecule has 28 heavy (non-hydrogen) atoms. The molecule has 1 heterocycles. The molecule has 1 aliphatic rings. The summed E-state index contributed by atoms with van der Waals surface area (Å²) in [4.78, 5) is 36.9. The molecule has 1 atom stereocenters. The summed E-state index contributed by atoms with van der Waals surface area (Å²) in [7, 11) is 0. The maximum Gasteiger partial charge on any atom is 0.316 e. The van der Waals surface area contributed by atoms with E-state index >= 15 is 0 Å². The van der Waals surface area contributed by atoms with Crippen molar-refractivity contribution in [2.24, 2.45) is 11.5 Å². The van der Waals surface area contributed by atoms with Crippen molar-refractivity contribution in [1.29, 1.82) is 0 Å². The molecule has 146 valence electrons. The maximum atomic E-state index is 12.5. The predicted octanol–water partition coefficient (Wildman–Crippen LogP) is 1.88. The number of nitrogens with one attached hydrogen (secondary N) is 2. The van der Waals surface area contributed by atoms with Gasteiger partial charge in [0.25, 0.3) is 5.91 Å². The molecule has 0 spiro atoms. The van der Waals surface area contributed by atoms with E-state index in [1.807, 2.05) is 18.2 Å². The third kappa shape index (κ3) is 4.86. The van der Waals surface area contributed by atoms with Crippen LogP contribution in [0.1, 0.15) is 28.8 Å². The predicted molar refractivity (Wildman–Crippen MR) is 107 cm³/mol. The Labute approximate surface area is 162 Å². The van der Waals surface area contributed by atoms with Gasteiger partial charge in [-0.1, -0.05) is 12.1 Å². The first kappa shape index (κ1) is 19.4. The summed E-state index contributed by atoms with van der Waals surface area (Å²) in [6.45, 7) is 1.43. The largest absolute Gasteiger partial charge is 0.368 e. The number of urea groups is 1.